The van der Waals surface area contributed by atoms with E-state index in [0.29, 0.717) is 19.6 Å². The molecule has 126 valence electrons. The zero-order chi connectivity index (χ0) is 17.3. The number of rotatable bonds is 2. The van der Waals surface area contributed by atoms with Crippen molar-refractivity contribution in [3.05, 3.63) is 70.2 Å². The number of likely N-dealkylation sites (N-methyl/N-ethyl adjacent to an activating group) is 1. The normalized spacial score (nSPS) is 18.7. The number of amides is 1. The number of halogens is 3. The Balaban J connectivity index is 1.85. The summed E-state index contributed by atoms with van der Waals surface area (Å²) in [5, 5.41) is 0.109. The zero-order valence-corrected chi connectivity index (χ0v) is 13.9. The summed E-state index contributed by atoms with van der Waals surface area (Å²) >= 11 is 6.00. The molecule has 2 aromatic carbocycles. The number of hydrogen-bond acceptors (Lipinski definition) is 2. The SMILES string of the molecule is CN1CCN(C(=O)c2c(F)cccc2Cl)CC1c1ccc(F)cc1. The predicted octanol–water partition coefficient (Wildman–Crippen LogP) is 3.75. The van der Waals surface area contributed by atoms with Crippen LogP contribution in [-0.4, -0.2) is 42.4 Å². The molecule has 6 heteroatoms. The summed E-state index contributed by atoms with van der Waals surface area (Å²) in [7, 11) is 1.95. The molecule has 1 unspecified atom stereocenters. The molecule has 0 N–H and O–H groups in total. The minimum atomic E-state index is -0.621. The van der Waals surface area contributed by atoms with E-state index in [4.69, 9.17) is 11.6 Å². The standard InChI is InChI=1S/C18H17ClF2N2O/c1-22-9-10-23(11-16(22)12-5-7-13(20)8-6-12)18(24)17-14(19)3-2-4-15(17)21/h2-8,16H,9-11H2,1H3. The smallest absolute Gasteiger partial charge is 0.258 e. The number of nitrogens with zero attached hydrogens (tertiary/aromatic N) is 2. The molecule has 0 saturated carbocycles. The summed E-state index contributed by atoms with van der Waals surface area (Å²) in [6, 6.07) is 10.3. The third kappa shape index (κ3) is 3.28. The van der Waals surface area contributed by atoms with Gasteiger partial charge >= 0.3 is 0 Å². The largest absolute Gasteiger partial charge is 0.335 e. The van der Waals surface area contributed by atoms with Crippen molar-refractivity contribution in [1.82, 2.24) is 9.80 Å². The van der Waals surface area contributed by atoms with Gasteiger partial charge in [0.25, 0.3) is 5.91 Å². The summed E-state index contributed by atoms with van der Waals surface area (Å²) in [5.74, 6) is -1.34. The topological polar surface area (TPSA) is 23.6 Å². The van der Waals surface area contributed by atoms with E-state index < -0.39 is 11.7 Å². The van der Waals surface area contributed by atoms with Gasteiger partial charge in [0, 0.05) is 19.6 Å². The lowest BCUT2D eigenvalue weighted by Gasteiger charge is -2.39. The van der Waals surface area contributed by atoms with E-state index in [1.807, 2.05) is 7.05 Å². The second-order valence-electron chi connectivity index (χ2n) is 5.90. The molecule has 0 radical (unpaired) electrons. The molecule has 1 aliphatic rings. The number of benzene rings is 2. The summed E-state index contributed by atoms with van der Waals surface area (Å²) in [6.07, 6.45) is 0. The van der Waals surface area contributed by atoms with Crippen molar-refractivity contribution >= 4 is 17.5 Å². The van der Waals surface area contributed by atoms with Gasteiger partial charge in [-0.15, -0.1) is 0 Å². The average molecular weight is 351 g/mol. The molecule has 3 rings (SSSR count). The number of carbonyl (C=O) groups is 1. The van der Waals surface area contributed by atoms with Crippen LogP contribution in [0.3, 0.4) is 0 Å². The number of piperazine rings is 1. The Hall–Kier alpha value is -1.98. The molecular formula is C18H17ClF2N2O. The molecule has 1 saturated heterocycles. The van der Waals surface area contributed by atoms with Crippen molar-refractivity contribution < 1.29 is 13.6 Å². The lowest BCUT2D eigenvalue weighted by atomic mass is 10.0. The molecule has 1 aliphatic heterocycles. The first kappa shape index (κ1) is 16.9. The predicted molar refractivity (Wildman–Crippen MR) is 89.1 cm³/mol. The highest BCUT2D eigenvalue weighted by molar-refractivity contribution is 6.33. The van der Waals surface area contributed by atoms with Crippen molar-refractivity contribution in [1.29, 1.82) is 0 Å². The molecule has 0 aromatic heterocycles. The van der Waals surface area contributed by atoms with Crippen LogP contribution in [0, 0.1) is 11.6 Å². The van der Waals surface area contributed by atoms with Gasteiger partial charge < -0.3 is 4.90 Å². The van der Waals surface area contributed by atoms with Crippen LogP contribution < -0.4 is 0 Å². The zero-order valence-electron chi connectivity index (χ0n) is 13.2. The molecule has 0 spiro atoms. The summed E-state index contributed by atoms with van der Waals surface area (Å²) in [4.78, 5) is 16.4. The molecule has 1 fully saturated rings. The maximum atomic E-state index is 14.0. The molecule has 1 amide bonds. The Bertz CT molecular complexity index is 731. The highest BCUT2D eigenvalue weighted by Crippen LogP contribution is 2.27. The molecule has 24 heavy (non-hydrogen) atoms. The van der Waals surface area contributed by atoms with Crippen LogP contribution in [0.5, 0.6) is 0 Å². The van der Waals surface area contributed by atoms with Crippen molar-refractivity contribution in [3.8, 4) is 0 Å². The Labute approximate surface area is 144 Å². The van der Waals surface area contributed by atoms with Gasteiger partial charge in [-0.1, -0.05) is 29.8 Å². The van der Waals surface area contributed by atoms with Gasteiger partial charge in [-0.2, -0.15) is 0 Å². The van der Waals surface area contributed by atoms with Crippen molar-refractivity contribution in [3.63, 3.8) is 0 Å². The first-order valence-corrected chi connectivity index (χ1v) is 8.04. The van der Waals surface area contributed by atoms with E-state index in [1.165, 1.54) is 30.3 Å². The fourth-order valence-corrected chi connectivity index (χ4v) is 3.21. The van der Waals surface area contributed by atoms with E-state index >= 15 is 0 Å². The van der Waals surface area contributed by atoms with Gasteiger partial charge in [-0.05, 0) is 36.9 Å². The highest BCUT2D eigenvalue weighted by Gasteiger charge is 2.30. The van der Waals surface area contributed by atoms with Crippen LogP contribution in [0.4, 0.5) is 8.78 Å². The Morgan fingerprint density at radius 2 is 1.83 bits per heavy atom. The van der Waals surface area contributed by atoms with Gasteiger partial charge in [-0.25, -0.2) is 8.78 Å². The average Bonchev–Trinajstić information content (AvgIpc) is 2.56. The molecule has 0 aliphatic carbocycles. The van der Waals surface area contributed by atoms with Gasteiger partial charge in [-0.3, -0.25) is 9.69 Å². The van der Waals surface area contributed by atoms with Crippen molar-refractivity contribution in [2.45, 2.75) is 6.04 Å². The van der Waals surface area contributed by atoms with Crippen molar-refractivity contribution in [2.75, 3.05) is 26.7 Å². The Morgan fingerprint density at radius 1 is 1.12 bits per heavy atom. The van der Waals surface area contributed by atoms with Gasteiger partial charge in [0.2, 0.25) is 0 Å². The second-order valence-corrected chi connectivity index (χ2v) is 6.30. The van der Waals surface area contributed by atoms with Crippen LogP contribution >= 0.6 is 11.6 Å². The van der Waals surface area contributed by atoms with Crippen LogP contribution in [0.25, 0.3) is 0 Å². The monoisotopic (exact) mass is 350 g/mol. The van der Waals surface area contributed by atoms with Gasteiger partial charge in [0.15, 0.2) is 0 Å². The molecule has 1 heterocycles. The van der Waals surface area contributed by atoms with Gasteiger partial charge in [0.1, 0.15) is 11.6 Å². The molecule has 2 aromatic rings. The molecule has 1 atom stereocenters. The van der Waals surface area contributed by atoms with Crippen LogP contribution in [0.2, 0.25) is 5.02 Å². The van der Waals surface area contributed by atoms with Crippen LogP contribution in [0.1, 0.15) is 22.0 Å². The lowest BCUT2D eigenvalue weighted by molar-refractivity contribution is 0.0542. The maximum absolute atomic E-state index is 14.0. The van der Waals surface area contributed by atoms with Crippen molar-refractivity contribution in [2.24, 2.45) is 0 Å². The molecular weight excluding hydrogens is 334 g/mol. The fourth-order valence-electron chi connectivity index (χ4n) is 2.96. The maximum Gasteiger partial charge on any atom is 0.258 e. The second kappa shape index (κ2) is 6.87. The first-order valence-electron chi connectivity index (χ1n) is 7.66. The number of hydrogen-bond donors (Lipinski definition) is 0. The Kier molecular flexibility index (Phi) is 4.83. The van der Waals surface area contributed by atoms with E-state index in [0.717, 1.165) is 5.56 Å². The van der Waals surface area contributed by atoms with E-state index in [-0.39, 0.29) is 22.4 Å². The minimum absolute atomic E-state index is 0.0751. The third-order valence-electron chi connectivity index (χ3n) is 4.37. The van der Waals surface area contributed by atoms with E-state index in [1.54, 1.807) is 17.0 Å². The van der Waals surface area contributed by atoms with Gasteiger partial charge in [0.05, 0.1) is 16.6 Å². The fraction of sp³-hybridized carbons (Fsp3) is 0.278. The van der Waals surface area contributed by atoms with Crippen LogP contribution in [0.15, 0.2) is 42.5 Å². The Morgan fingerprint density at radius 3 is 2.50 bits per heavy atom. The summed E-state index contributed by atoms with van der Waals surface area (Å²) in [6.45, 7) is 1.52. The highest BCUT2D eigenvalue weighted by atomic mass is 35.5. The minimum Gasteiger partial charge on any atom is -0.335 e. The summed E-state index contributed by atoms with van der Waals surface area (Å²) < 4.78 is 27.1. The van der Waals surface area contributed by atoms with Crippen LogP contribution in [-0.2, 0) is 0 Å². The molecule has 3 nitrogen and oxygen atoms in total. The van der Waals surface area contributed by atoms with E-state index in [9.17, 15) is 13.6 Å². The molecule has 0 bridgehead atoms. The summed E-state index contributed by atoms with van der Waals surface area (Å²) in [5.41, 5.74) is 0.817. The lowest BCUT2D eigenvalue weighted by Crippen LogP contribution is -2.49. The quantitative estimate of drug-likeness (QED) is 0.823. The first-order chi connectivity index (χ1) is 11.5. The third-order valence-corrected chi connectivity index (χ3v) is 4.68. The van der Waals surface area contributed by atoms with E-state index in [2.05, 4.69) is 4.90 Å². The number of carbonyl (C=O) groups excluding carboxylic acids is 1.